The molecule has 1 fully saturated rings. The molecule has 3 aliphatic rings. The lowest BCUT2D eigenvalue weighted by Crippen LogP contribution is -2.52. The molecule has 1 atom stereocenters. The van der Waals surface area contributed by atoms with Crippen LogP contribution in [0, 0.1) is 5.92 Å². The number of nitrogens with one attached hydrogen (secondary N) is 2. The predicted octanol–water partition coefficient (Wildman–Crippen LogP) is 2.05. The fourth-order valence-electron chi connectivity index (χ4n) is 4.42. The summed E-state index contributed by atoms with van der Waals surface area (Å²) in [4.78, 5) is 28.3. The van der Waals surface area contributed by atoms with Gasteiger partial charge in [-0.25, -0.2) is 17.9 Å². The van der Waals surface area contributed by atoms with Gasteiger partial charge in [0.1, 0.15) is 23.2 Å². The number of rotatable bonds is 7. The Balaban J connectivity index is 1.39. The van der Waals surface area contributed by atoms with E-state index < -0.39 is 33.4 Å². The van der Waals surface area contributed by atoms with Crippen LogP contribution < -0.4 is 4.72 Å². The molecule has 2 N–H and O–H groups in total. The molecule has 3 aromatic rings. The second-order valence-electron chi connectivity index (χ2n) is 9.68. The van der Waals surface area contributed by atoms with Crippen molar-refractivity contribution in [2.45, 2.75) is 38.4 Å². The Kier molecular flexibility index (Phi) is 5.21. The number of hydrogen-bond donors (Lipinski definition) is 2. The van der Waals surface area contributed by atoms with E-state index in [0.717, 1.165) is 41.1 Å². The van der Waals surface area contributed by atoms with Gasteiger partial charge in [0.05, 0.1) is 17.9 Å². The van der Waals surface area contributed by atoms with Gasteiger partial charge in [-0.2, -0.15) is 24.5 Å². The number of amides is 3. The molecule has 0 saturated heterocycles. The fourth-order valence-corrected chi connectivity index (χ4v) is 7.47. The SMILES string of the molecule is Cn1cc(CN2C(=O)C3C=C(S(=O)(=O)NC4(C)CC4)SC3=[N+](Cc3ccc4[nH]ncc4c3)C2=O)cn1. The normalized spacial score (nSPS) is 21.3. The summed E-state index contributed by atoms with van der Waals surface area (Å²) in [7, 11) is -2.07. The van der Waals surface area contributed by atoms with Gasteiger partial charge in [0.25, 0.3) is 0 Å². The lowest BCUT2D eigenvalue weighted by molar-refractivity contribution is -0.454. The van der Waals surface area contributed by atoms with E-state index in [4.69, 9.17) is 0 Å². The van der Waals surface area contributed by atoms with Crippen molar-refractivity contribution in [3.8, 4) is 0 Å². The average Bonchev–Trinajstić information content (AvgIpc) is 3.25. The third-order valence-corrected chi connectivity index (χ3v) is 9.98. The summed E-state index contributed by atoms with van der Waals surface area (Å²) in [6.07, 6.45) is 8.04. The Hall–Kier alpha value is -3.29. The smallest absolute Gasteiger partial charge is 0.278 e. The zero-order valence-corrected chi connectivity index (χ0v) is 21.3. The monoisotopic (exact) mass is 526 g/mol. The minimum absolute atomic E-state index is 0.0451. The van der Waals surface area contributed by atoms with E-state index in [1.165, 1.54) is 15.6 Å². The Bertz CT molecular complexity index is 1600. The van der Waals surface area contributed by atoms with Crippen molar-refractivity contribution in [1.82, 2.24) is 29.6 Å². The first kappa shape index (κ1) is 23.1. The summed E-state index contributed by atoms with van der Waals surface area (Å²) < 4.78 is 32.1. The summed E-state index contributed by atoms with van der Waals surface area (Å²) in [5.41, 5.74) is 1.95. The van der Waals surface area contributed by atoms with E-state index in [9.17, 15) is 18.0 Å². The Labute approximate surface area is 211 Å². The topological polar surface area (TPSA) is 133 Å². The number of thioether (sulfide) groups is 1. The van der Waals surface area contributed by atoms with Gasteiger partial charge in [0, 0.05) is 29.7 Å². The molecule has 1 aliphatic carbocycles. The van der Waals surface area contributed by atoms with Gasteiger partial charge >= 0.3 is 11.9 Å². The summed E-state index contributed by atoms with van der Waals surface area (Å²) in [5, 5.41) is 12.4. The summed E-state index contributed by atoms with van der Waals surface area (Å²) in [6.45, 7) is 2.08. The first-order valence-electron chi connectivity index (χ1n) is 11.4. The molecule has 11 nitrogen and oxygen atoms in total. The van der Waals surface area contributed by atoms with Gasteiger partial charge in [0.15, 0.2) is 5.04 Å². The second-order valence-corrected chi connectivity index (χ2v) is 12.6. The highest BCUT2D eigenvalue weighted by Gasteiger charge is 2.53. The van der Waals surface area contributed by atoms with Crippen LogP contribution in [-0.2, 0) is 35.0 Å². The van der Waals surface area contributed by atoms with E-state index in [2.05, 4.69) is 20.0 Å². The third kappa shape index (κ3) is 4.06. The lowest BCUT2D eigenvalue weighted by Gasteiger charge is -2.23. The van der Waals surface area contributed by atoms with Crippen molar-refractivity contribution in [2.75, 3.05) is 0 Å². The van der Waals surface area contributed by atoms with E-state index in [1.807, 2.05) is 25.1 Å². The standard InChI is InChI=1S/C23H24N7O4S2/c1-23(5-6-23)27-36(33,34)19-8-17-20(31)29(13-15-9-25-28(2)11-15)22(32)30(21(17)35-19)12-14-3-4-18-16(7-14)10-24-26-18/h3-4,7-11,17,27H,5-6,12-13H2,1-2H3,(H,24,26)/q+1. The van der Waals surface area contributed by atoms with Crippen molar-refractivity contribution in [3.63, 3.8) is 0 Å². The number of hydrogen-bond acceptors (Lipinski definition) is 7. The number of fused-ring (bicyclic) bond motifs is 2. The maximum absolute atomic E-state index is 13.7. The molecular weight excluding hydrogens is 502 g/mol. The molecule has 1 saturated carbocycles. The predicted molar refractivity (Wildman–Crippen MR) is 133 cm³/mol. The maximum atomic E-state index is 13.7. The quantitative estimate of drug-likeness (QED) is 0.450. The van der Waals surface area contributed by atoms with Crippen LogP contribution >= 0.6 is 11.8 Å². The van der Waals surface area contributed by atoms with E-state index in [0.29, 0.717) is 10.6 Å². The van der Waals surface area contributed by atoms with Crippen LogP contribution in [0.5, 0.6) is 0 Å². The number of H-pyrrole nitrogens is 1. The minimum atomic E-state index is -3.83. The highest BCUT2D eigenvalue weighted by atomic mass is 32.3. The van der Waals surface area contributed by atoms with Crippen molar-refractivity contribution in [1.29, 1.82) is 0 Å². The molecule has 0 spiro atoms. The molecule has 186 valence electrons. The number of aromatic amines is 1. The van der Waals surface area contributed by atoms with Crippen LogP contribution in [0.4, 0.5) is 4.79 Å². The molecule has 1 aromatic carbocycles. The molecular formula is C23H24N7O4S2+. The van der Waals surface area contributed by atoms with E-state index in [-0.39, 0.29) is 17.3 Å². The van der Waals surface area contributed by atoms with Gasteiger partial charge in [-0.3, -0.25) is 9.78 Å². The van der Waals surface area contributed by atoms with Crippen molar-refractivity contribution >= 4 is 49.7 Å². The van der Waals surface area contributed by atoms with Crippen LogP contribution in [0.15, 0.2) is 47.1 Å². The minimum Gasteiger partial charge on any atom is -0.278 e. The van der Waals surface area contributed by atoms with Gasteiger partial charge in [0.2, 0.25) is 10.0 Å². The number of carbonyl (C=O) groups excluding carboxylic acids is 2. The third-order valence-electron chi connectivity index (χ3n) is 6.62. The molecule has 13 heteroatoms. The number of benzene rings is 1. The summed E-state index contributed by atoms with van der Waals surface area (Å²) in [5.74, 6) is -1.31. The number of carbonyl (C=O) groups is 2. The second kappa shape index (κ2) is 8.11. The molecule has 3 amide bonds. The van der Waals surface area contributed by atoms with Gasteiger partial charge in [-0.15, -0.1) is 0 Å². The van der Waals surface area contributed by atoms with Crippen LogP contribution in [0.2, 0.25) is 0 Å². The van der Waals surface area contributed by atoms with Crippen LogP contribution in [0.25, 0.3) is 10.9 Å². The number of aryl methyl sites for hydroxylation is 1. The number of imide groups is 1. The summed E-state index contributed by atoms with van der Waals surface area (Å²) in [6, 6.07) is 5.18. The van der Waals surface area contributed by atoms with Crippen molar-refractivity contribution in [3.05, 3.63) is 58.2 Å². The molecule has 0 radical (unpaired) electrons. The fraction of sp³-hybridized carbons (Fsp3) is 0.348. The lowest BCUT2D eigenvalue weighted by atomic mass is 10.1. The van der Waals surface area contributed by atoms with Gasteiger partial charge in [-0.1, -0.05) is 6.07 Å². The molecule has 1 unspecified atom stereocenters. The Morgan fingerprint density at radius 2 is 2.06 bits per heavy atom. The largest absolute Gasteiger partial charge is 0.501 e. The van der Waals surface area contributed by atoms with Crippen LogP contribution in [0.3, 0.4) is 0 Å². The Morgan fingerprint density at radius 1 is 1.25 bits per heavy atom. The molecule has 2 aliphatic heterocycles. The number of sulfonamides is 1. The van der Waals surface area contributed by atoms with E-state index >= 15 is 0 Å². The molecule has 36 heavy (non-hydrogen) atoms. The molecule has 6 rings (SSSR count). The van der Waals surface area contributed by atoms with Crippen LogP contribution in [0.1, 0.15) is 30.9 Å². The first-order valence-corrected chi connectivity index (χ1v) is 13.7. The summed E-state index contributed by atoms with van der Waals surface area (Å²) >= 11 is 0.973. The highest BCUT2D eigenvalue weighted by Crippen LogP contribution is 2.42. The molecule has 0 bridgehead atoms. The number of urea groups is 1. The van der Waals surface area contributed by atoms with Crippen molar-refractivity contribution < 1.29 is 22.6 Å². The molecule has 4 heterocycles. The van der Waals surface area contributed by atoms with Crippen molar-refractivity contribution in [2.24, 2.45) is 13.0 Å². The average molecular weight is 527 g/mol. The number of aromatic nitrogens is 4. The van der Waals surface area contributed by atoms with Gasteiger partial charge < -0.3 is 0 Å². The highest BCUT2D eigenvalue weighted by molar-refractivity contribution is 8.27. The van der Waals surface area contributed by atoms with Crippen LogP contribution in [-0.4, -0.2) is 60.4 Å². The number of nitrogens with zero attached hydrogens (tertiary/aromatic N) is 5. The molecule has 2 aromatic heterocycles. The van der Waals surface area contributed by atoms with E-state index in [1.54, 1.807) is 30.3 Å². The first-order chi connectivity index (χ1) is 17.1. The zero-order valence-electron chi connectivity index (χ0n) is 19.6. The zero-order chi connectivity index (χ0) is 25.2. The maximum Gasteiger partial charge on any atom is 0.501 e. The van der Waals surface area contributed by atoms with Gasteiger partial charge in [-0.05, 0) is 55.3 Å². The Morgan fingerprint density at radius 3 is 2.78 bits per heavy atom.